The van der Waals surface area contributed by atoms with Crippen molar-refractivity contribution >= 4 is 11.6 Å². The summed E-state index contributed by atoms with van der Waals surface area (Å²) in [5, 5.41) is 3.18. The van der Waals surface area contributed by atoms with Crippen LogP contribution >= 0.6 is 0 Å². The fraction of sp³-hybridized carbons (Fsp3) is 0.455. The molecule has 2 fully saturated rings. The van der Waals surface area contributed by atoms with Crippen LogP contribution < -0.4 is 15.0 Å². The van der Waals surface area contributed by atoms with Crippen LogP contribution in [0, 0.1) is 0 Å². The molecule has 0 spiro atoms. The monoisotopic (exact) mass is 365 g/mol. The number of carbonyl (C=O) groups is 1. The summed E-state index contributed by atoms with van der Waals surface area (Å²) in [6, 6.07) is 10.7. The zero-order chi connectivity index (χ0) is 18.6. The standard InChI is InChI=1S/C22H27N3O2/c1-2-27-21-12-20(13-23-14-21)25-10-9-19(15-25)24-22(26)11-16-3-5-17(6-4-16)18-7-8-18/h3-6,12-14,18-19H,2,7-11,15H2,1H3,(H,24,26)/t19-/m1/s1. The number of pyridine rings is 1. The molecule has 27 heavy (non-hydrogen) atoms. The summed E-state index contributed by atoms with van der Waals surface area (Å²) in [6.07, 6.45) is 7.60. The van der Waals surface area contributed by atoms with Gasteiger partial charge in [-0.15, -0.1) is 0 Å². The number of hydrogen-bond donors (Lipinski definition) is 1. The van der Waals surface area contributed by atoms with E-state index in [2.05, 4.69) is 39.5 Å². The van der Waals surface area contributed by atoms with E-state index in [1.165, 1.54) is 18.4 Å². The van der Waals surface area contributed by atoms with Gasteiger partial charge in [0.15, 0.2) is 0 Å². The molecule has 1 aliphatic carbocycles. The molecule has 5 heteroatoms. The molecule has 2 heterocycles. The Morgan fingerprint density at radius 3 is 2.78 bits per heavy atom. The molecule has 1 amide bonds. The van der Waals surface area contributed by atoms with E-state index in [9.17, 15) is 4.79 Å². The van der Waals surface area contributed by atoms with Crippen LogP contribution in [0.15, 0.2) is 42.7 Å². The number of hydrogen-bond acceptors (Lipinski definition) is 4. The van der Waals surface area contributed by atoms with Crippen LogP contribution in [0.3, 0.4) is 0 Å². The lowest BCUT2D eigenvalue weighted by atomic mass is 10.1. The van der Waals surface area contributed by atoms with Gasteiger partial charge in [-0.05, 0) is 43.2 Å². The highest BCUT2D eigenvalue weighted by atomic mass is 16.5. The predicted octanol–water partition coefficient (Wildman–Crippen LogP) is 3.30. The minimum atomic E-state index is 0.0993. The highest BCUT2D eigenvalue weighted by Crippen LogP contribution is 2.39. The molecule has 142 valence electrons. The summed E-state index contributed by atoms with van der Waals surface area (Å²) in [5.74, 6) is 1.65. The minimum absolute atomic E-state index is 0.0993. The van der Waals surface area contributed by atoms with Crippen molar-refractivity contribution in [1.82, 2.24) is 10.3 Å². The number of carbonyl (C=O) groups excluding carboxylic acids is 1. The van der Waals surface area contributed by atoms with E-state index in [1.54, 1.807) is 6.20 Å². The first-order valence-electron chi connectivity index (χ1n) is 9.92. The number of rotatable bonds is 7. The number of aromatic nitrogens is 1. The number of amides is 1. The lowest BCUT2D eigenvalue weighted by Crippen LogP contribution is -2.38. The summed E-state index contributed by atoms with van der Waals surface area (Å²) in [6.45, 7) is 4.32. The highest BCUT2D eigenvalue weighted by Gasteiger charge is 2.25. The van der Waals surface area contributed by atoms with Crippen LogP contribution in [-0.4, -0.2) is 36.6 Å². The van der Waals surface area contributed by atoms with Gasteiger partial charge in [-0.25, -0.2) is 0 Å². The van der Waals surface area contributed by atoms with Gasteiger partial charge < -0.3 is 15.0 Å². The fourth-order valence-corrected chi connectivity index (χ4v) is 3.73. The van der Waals surface area contributed by atoms with E-state index in [-0.39, 0.29) is 11.9 Å². The van der Waals surface area contributed by atoms with Crippen LogP contribution in [0.1, 0.15) is 43.2 Å². The van der Waals surface area contributed by atoms with Gasteiger partial charge in [-0.3, -0.25) is 9.78 Å². The third-order valence-corrected chi connectivity index (χ3v) is 5.32. The average Bonchev–Trinajstić information content (AvgIpc) is 3.42. The average molecular weight is 365 g/mol. The van der Waals surface area contributed by atoms with Gasteiger partial charge in [0.1, 0.15) is 5.75 Å². The predicted molar refractivity (Wildman–Crippen MR) is 106 cm³/mol. The Labute approximate surface area is 160 Å². The number of ether oxygens (including phenoxy) is 1. The minimum Gasteiger partial charge on any atom is -0.492 e. The molecule has 1 atom stereocenters. The Hall–Kier alpha value is -2.56. The molecule has 0 bridgehead atoms. The number of anilines is 1. The first-order valence-corrected chi connectivity index (χ1v) is 9.92. The van der Waals surface area contributed by atoms with Crippen molar-refractivity contribution in [2.45, 2.75) is 44.6 Å². The molecule has 0 radical (unpaired) electrons. The number of nitrogens with zero attached hydrogens (tertiary/aromatic N) is 2. The van der Waals surface area contributed by atoms with Crippen molar-refractivity contribution in [2.75, 3.05) is 24.6 Å². The summed E-state index contributed by atoms with van der Waals surface area (Å²) >= 11 is 0. The second-order valence-corrected chi connectivity index (χ2v) is 7.50. The van der Waals surface area contributed by atoms with Crippen molar-refractivity contribution in [2.24, 2.45) is 0 Å². The van der Waals surface area contributed by atoms with Gasteiger partial charge in [0.2, 0.25) is 5.91 Å². The maximum Gasteiger partial charge on any atom is 0.224 e. The van der Waals surface area contributed by atoms with E-state index >= 15 is 0 Å². The molecule has 1 saturated heterocycles. The van der Waals surface area contributed by atoms with Crippen LogP contribution in [0.2, 0.25) is 0 Å². The summed E-state index contributed by atoms with van der Waals surface area (Å²) in [7, 11) is 0. The molecule has 5 nitrogen and oxygen atoms in total. The second kappa shape index (κ2) is 7.99. The van der Waals surface area contributed by atoms with Gasteiger partial charge in [0, 0.05) is 25.2 Å². The van der Waals surface area contributed by atoms with Gasteiger partial charge in [0.25, 0.3) is 0 Å². The quantitative estimate of drug-likeness (QED) is 0.818. The molecule has 4 rings (SSSR count). The van der Waals surface area contributed by atoms with Gasteiger partial charge in [0.05, 0.1) is 31.1 Å². The smallest absolute Gasteiger partial charge is 0.224 e. The van der Waals surface area contributed by atoms with Crippen molar-refractivity contribution in [1.29, 1.82) is 0 Å². The van der Waals surface area contributed by atoms with Gasteiger partial charge in [-0.1, -0.05) is 24.3 Å². The summed E-state index contributed by atoms with van der Waals surface area (Å²) in [4.78, 5) is 18.9. The SMILES string of the molecule is CCOc1cncc(N2CC[C@@H](NC(=O)Cc3ccc(C4CC4)cc3)C2)c1. The molecule has 1 aliphatic heterocycles. The summed E-state index contributed by atoms with van der Waals surface area (Å²) in [5.41, 5.74) is 3.54. The van der Waals surface area contributed by atoms with E-state index in [1.807, 2.05) is 19.2 Å². The van der Waals surface area contributed by atoms with Crippen molar-refractivity contribution in [3.63, 3.8) is 0 Å². The highest BCUT2D eigenvalue weighted by molar-refractivity contribution is 5.79. The van der Waals surface area contributed by atoms with Gasteiger partial charge in [-0.2, -0.15) is 0 Å². The van der Waals surface area contributed by atoms with Crippen LogP contribution in [-0.2, 0) is 11.2 Å². The Morgan fingerprint density at radius 1 is 1.22 bits per heavy atom. The topological polar surface area (TPSA) is 54.5 Å². The van der Waals surface area contributed by atoms with Crippen LogP contribution in [0.4, 0.5) is 5.69 Å². The fourth-order valence-electron chi connectivity index (χ4n) is 3.73. The van der Waals surface area contributed by atoms with Crippen LogP contribution in [0.5, 0.6) is 5.75 Å². The normalized spacial score (nSPS) is 19.1. The van der Waals surface area contributed by atoms with Crippen molar-refractivity contribution in [3.8, 4) is 5.75 Å². The Bertz CT molecular complexity index is 786. The molecule has 1 aromatic heterocycles. The van der Waals surface area contributed by atoms with Crippen molar-refractivity contribution < 1.29 is 9.53 Å². The Balaban J connectivity index is 1.28. The van der Waals surface area contributed by atoms with Crippen molar-refractivity contribution in [3.05, 3.63) is 53.9 Å². The van der Waals surface area contributed by atoms with E-state index in [4.69, 9.17) is 4.74 Å². The lowest BCUT2D eigenvalue weighted by molar-refractivity contribution is -0.121. The van der Waals surface area contributed by atoms with Crippen LogP contribution in [0.25, 0.3) is 0 Å². The number of benzene rings is 1. The molecular formula is C22H27N3O2. The molecule has 1 saturated carbocycles. The van der Waals surface area contributed by atoms with E-state index < -0.39 is 0 Å². The first kappa shape index (κ1) is 17.8. The second-order valence-electron chi connectivity index (χ2n) is 7.50. The maximum atomic E-state index is 12.4. The lowest BCUT2D eigenvalue weighted by Gasteiger charge is -2.19. The molecular weight excluding hydrogens is 338 g/mol. The third-order valence-electron chi connectivity index (χ3n) is 5.32. The maximum absolute atomic E-state index is 12.4. The molecule has 2 aliphatic rings. The Morgan fingerprint density at radius 2 is 2.04 bits per heavy atom. The van der Waals surface area contributed by atoms with E-state index in [0.717, 1.165) is 42.4 Å². The molecule has 1 aromatic carbocycles. The summed E-state index contributed by atoms with van der Waals surface area (Å²) < 4.78 is 5.53. The molecule has 0 unspecified atom stereocenters. The zero-order valence-electron chi connectivity index (χ0n) is 15.9. The zero-order valence-corrected chi connectivity index (χ0v) is 15.9. The molecule has 1 N–H and O–H groups in total. The Kier molecular flexibility index (Phi) is 5.28. The van der Waals surface area contributed by atoms with Gasteiger partial charge >= 0.3 is 0 Å². The van der Waals surface area contributed by atoms with E-state index in [0.29, 0.717) is 13.0 Å². The third kappa shape index (κ3) is 4.59. The molecule has 2 aromatic rings. The first-order chi connectivity index (χ1) is 13.2. The largest absolute Gasteiger partial charge is 0.492 e. The number of nitrogens with one attached hydrogen (secondary N) is 1.